The van der Waals surface area contributed by atoms with Crippen LogP contribution in [0.1, 0.15) is 16.8 Å². The highest BCUT2D eigenvalue weighted by Crippen LogP contribution is 2.25. The summed E-state index contributed by atoms with van der Waals surface area (Å²) in [6.07, 6.45) is 0.331. The van der Waals surface area contributed by atoms with Gasteiger partial charge in [-0.15, -0.1) is 0 Å². The summed E-state index contributed by atoms with van der Waals surface area (Å²) in [4.78, 5) is 12.3. The van der Waals surface area contributed by atoms with E-state index in [1.807, 2.05) is 6.07 Å². The largest absolute Gasteiger partial charge is 0.399 e. The summed E-state index contributed by atoms with van der Waals surface area (Å²) in [5.74, 6) is -0.560. The Morgan fingerprint density at radius 3 is 2.50 bits per heavy atom. The molecule has 0 spiro atoms. The van der Waals surface area contributed by atoms with Crippen molar-refractivity contribution in [2.45, 2.75) is 17.4 Å². The van der Waals surface area contributed by atoms with Gasteiger partial charge in [0.2, 0.25) is 0 Å². The number of carbonyl (C=O) groups is 1. The van der Waals surface area contributed by atoms with E-state index in [0.717, 1.165) is 0 Å². The van der Waals surface area contributed by atoms with Crippen molar-refractivity contribution < 1.29 is 18.3 Å². The molecule has 0 heterocycles. The first-order chi connectivity index (χ1) is 12.3. The fourth-order valence-electron chi connectivity index (χ4n) is 2.48. The normalized spacial score (nSPS) is 12.5. The van der Waals surface area contributed by atoms with E-state index in [4.69, 9.17) is 16.6 Å². The molecule has 26 heavy (non-hydrogen) atoms. The molecule has 0 amide bonds. The van der Waals surface area contributed by atoms with E-state index in [9.17, 15) is 13.2 Å². The zero-order valence-electron chi connectivity index (χ0n) is 14.3. The fourth-order valence-corrected chi connectivity index (χ4v) is 3.73. The molecule has 2 aromatic carbocycles. The van der Waals surface area contributed by atoms with Gasteiger partial charge >= 0.3 is 0 Å². The molecule has 7 nitrogen and oxygen atoms in total. The van der Waals surface area contributed by atoms with Crippen molar-refractivity contribution >= 4 is 27.0 Å². The summed E-state index contributed by atoms with van der Waals surface area (Å²) in [6, 6.07) is 12.6. The molecular weight excluding hydrogens is 354 g/mol. The number of nitrogens with one attached hydrogen (secondary N) is 1. The number of nitrogens with two attached hydrogens (primary N) is 2. The Balaban J connectivity index is 2.05. The van der Waals surface area contributed by atoms with Crippen molar-refractivity contribution in [2.24, 2.45) is 5.73 Å². The van der Waals surface area contributed by atoms with Crippen LogP contribution < -0.4 is 16.8 Å². The number of anilines is 2. The van der Waals surface area contributed by atoms with Gasteiger partial charge in [-0.1, -0.05) is 30.3 Å². The molecule has 2 rings (SSSR count). The number of Topliss-reactive ketones (excluding diaryl/α,β-unsaturated/α-hetero) is 1. The third kappa shape index (κ3) is 5.04. The molecule has 2 aromatic rings. The van der Waals surface area contributed by atoms with E-state index >= 15 is 0 Å². The number of benzene rings is 2. The molecule has 0 aromatic heterocycles. The van der Waals surface area contributed by atoms with Crippen LogP contribution in [0.25, 0.3) is 0 Å². The lowest BCUT2D eigenvalue weighted by Crippen LogP contribution is -2.32. The molecule has 0 aliphatic rings. The molecule has 0 radical (unpaired) electrons. The standard InChI is InChI=1S/C18H23N3O4S/c19-14-6-7-16(17(12-14)26(24,25)11-10-22)21-9-8-15(20)18(23)13-4-2-1-3-5-13/h1-7,12,15,21-22H,8-11,19-20H2. The first kappa shape index (κ1) is 19.9. The van der Waals surface area contributed by atoms with Crippen LogP contribution in [-0.4, -0.2) is 44.3 Å². The van der Waals surface area contributed by atoms with E-state index in [1.54, 1.807) is 36.4 Å². The lowest BCUT2D eigenvalue weighted by molar-refractivity contribution is 0.0958. The van der Waals surface area contributed by atoms with Gasteiger partial charge in [0.05, 0.1) is 29.0 Å². The van der Waals surface area contributed by atoms with Crippen LogP contribution in [0.5, 0.6) is 0 Å². The molecule has 140 valence electrons. The molecule has 1 atom stereocenters. The van der Waals surface area contributed by atoms with Gasteiger partial charge in [0.25, 0.3) is 0 Å². The van der Waals surface area contributed by atoms with Gasteiger partial charge < -0.3 is 21.9 Å². The molecule has 0 aliphatic heterocycles. The Morgan fingerprint density at radius 1 is 1.15 bits per heavy atom. The Labute approximate surface area is 152 Å². The average molecular weight is 377 g/mol. The molecule has 0 saturated heterocycles. The van der Waals surface area contributed by atoms with Crippen molar-refractivity contribution in [3.05, 3.63) is 54.1 Å². The van der Waals surface area contributed by atoms with Crippen molar-refractivity contribution in [3.8, 4) is 0 Å². The minimum atomic E-state index is -3.66. The van der Waals surface area contributed by atoms with Crippen LogP contribution in [0.15, 0.2) is 53.4 Å². The van der Waals surface area contributed by atoms with E-state index in [2.05, 4.69) is 5.32 Å². The minimum absolute atomic E-state index is 0.0227. The maximum Gasteiger partial charge on any atom is 0.182 e. The number of aliphatic hydroxyl groups is 1. The van der Waals surface area contributed by atoms with E-state index in [0.29, 0.717) is 29.9 Å². The predicted molar refractivity (Wildman–Crippen MR) is 102 cm³/mol. The highest BCUT2D eigenvalue weighted by molar-refractivity contribution is 7.91. The van der Waals surface area contributed by atoms with Crippen LogP contribution in [0.3, 0.4) is 0 Å². The van der Waals surface area contributed by atoms with Gasteiger partial charge in [0.15, 0.2) is 15.6 Å². The lowest BCUT2D eigenvalue weighted by atomic mass is 10.0. The molecule has 0 bridgehead atoms. The van der Waals surface area contributed by atoms with Crippen LogP contribution in [-0.2, 0) is 9.84 Å². The molecular formula is C18H23N3O4S. The predicted octanol–water partition coefficient (Wildman–Crippen LogP) is 1.05. The summed E-state index contributed by atoms with van der Waals surface area (Å²) in [6.45, 7) is -0.168. The van der Waals surface area contributed by atoms with Gasteiger partial charge in [0, 0.05) is 17.8 Å². The number of ketones is 1. The van der Waals surface area contributed by atoms with Crippen LogP contribution in [0.4, 0.5) is 11.4 Å². The number of sulfone groups is 1. The second-order valence-electron chi connectivity index (χ2n) is 5.85. The maximum absolute atomic E-state index is 12.3. The highest BCUT2D eigenvalue weighted by atomic mass is 32.2. The zero-order valence-corrected chi connectivity index (χ0v) is 15.1. The zero-order chi connectivity index (χ0) is 19.2. The van der Waals surface area contributed by atoms with E-state index in [1.165, 1.54) is 6.07 Å². The second-order valence-corrected chi connectivity index (χ2v) is 7.93. The van der Waals surface area contributed by atoms with Crippen molar-refractivity contribution in [2.75, 3.05) is 30.0 Å². The number of aliphatic hydroxyl groups excluding tert-OH is 1. The number of nitrogen functional groups attached to an aromatic ring is 1. The van der Waals surface area contributed by atoms with Crippen molar-refractivity contribution in [1.82, 2.24) is 0 Å². The number of carbonyl (C=O) groups excluding carboxylic acids is 1. The third-order valence-corrected chi connectivity index (χ3v) is 5.59. The summed E-state index contributed by atoms with van der Waals surface area (Å²) in [5.41, 5.74) is 12.8. The average Bonchev–Trinajstić information content (AvgIpc) is 2.62. The topological polar surface area (TPSA) is 136 Å². The summed E-state index contributed by atoms with van der Waals surface area (Å²) >= 11 is 0. The molecule has 0 saturated carbocycles. The number of hydrogen-bond acceptors (Lipinski definition) is 7. The first-order valence-electron chi connectivity index (χ1n) is 8.17. The van der Waals surface area contributed by atoms with Crippen LogP contribution >= 0.6 is 0 Å². The summed E-state index contributed by atoms with van der Waals surface area (Å²) in [7, 11) is -3.66. The molecule has 6 N–H and O–H groups in total. The molecule has 8 heteroatoms. The Hall–Kier alpha value is -2.42. The van der Waals surface area contributed by atoms with Crippen LogP contribution in [0.2, 0.25) is 0 Å². The van der Waals surface area contributed by atoms with Crippen molar-refractivity contribution in [3.63, 3.8) is 0 Å². The highest BCUT2D eigenvalue weighted by Gasteiger charge is 2.20. The number of hydrogen-bond donors (Lipinski definition) is 4. The maximum atomic E-state index is 12.3. The van der Waals surface area contributed by atoms with Gasteiger partial charge in [-0.05, 0) is 24.6 Å². The van der Waals surface area contributed by atoms with Gasteiger partial charge in [-0.3, -0.25) is 4.79 Å². The summed E-state index contributed by atoms with van der Waals surface area (Å²) < 4.78 is 24.5. The fraction of sp³-hybridized carbons (Fsp3) is 0.278. The van der Waals surface area contributed by atoms with E-state index < -0.39 is 28.2 Å². The lowest BCUT2D eigenvalue weighted by Gasteiger charge is -2.15. The van der Waals surface area contributed by atoms with Gasteiger partial charge in [0.1, 0.15) is 0 Å². The Bertz CT molecular complexity index is 854. The molecule has 0 fully saturated rings. The monoisotopic (exact) mass is 377 g/mol. The molecule has 0 aliphatic carbocycles. The first-order valence-corrected chi connectivity index (χ1v) is 9.82. The summed E-state index contributed by atoms with van der Waals surface area (Å²) in [5, 5.41) is 12.0. The Kier molecular flexibility index (Phi) is 6.73. The molecule has 1 unspecified atom stereocenters. The Morgan fingerprint density at radius 2 is 1.85 bits per heavy atom. The quantitative estimate of drug-likeness (QED) is 0.379. The minimum Gasteiger partial charge on any atom is -0.399 e. The number of rotatable bonds is 9. The van der Waals surface area contributed by atoms with Gasteiger partial charge in [-0.2, -0.15) is 0 Å². The second kappa shape index (κ2) is 8.79. The van der Waals surface area contributed by atoms with Gasteiger partial charge in [-0.25, -0.2) is 8.42 Å². The van der Waals surface area contributed by atoms with E-state index in [-0.39, 0.29) is 10.7 Å². The third-order valence-electron chi connectivity index (χ3n) is 3.87. The smallest absolute Gasteiger partial charge is 0.182 e. The van der Waals surface area contributed by atoms with Crippen molar-refractivity contribution in [1.29, 1.82) is 0 Å². The SMILES string of the molecule is Nc1ccc(NCCC(N)C(=O)c2ccccc2)c(S(=O)(=O)CCO)c1. The van der Waals surface area contributed by atoms with Crippen LogP contribution in [0, 0.1) is 0 Å².